The highest BCUT2D eigenvalue weighted by atomic mass is 32.2. The van der Waals surface area contributed by atoms with Crippen LogP contribution in [0, 0.1) is 5.92 Å². The maximum atomic E-state index is 11.7. The molecule has 17 heavy (non-hydrogen) atoms. The van der Waals surface area contributed by atoms with E-state index in [2.05, 4.69) is 5.32 Å². The van der Waals surface area contributed by atoms with Crippen LogP contribution < -0.4 is 11.1 Å². The molecule has 3 N–H and O–H groups in total. The lowest BCUT2D eigenvalue weighted by atomic mass is 9.96. The van der Waals surface area contributed by atoms with Gasteiger partial charge in [-0.25, -0.2) is 8.42 Å². The summed E-state index contributed by atoms with van der Waals surface area (Å²) >= 11 is 0. The number of carbonyl (C=O) groups is 1. The highest BCUT2D eigenvalue weighted by molar-refractivity contribution is 7.92. The van der Waals surface area contributed by atoms with Gasteiger partial charge < -0.3 is 11.1 Å². The molecule has 0 radical (unpaired) electrons. The molecule has 1 rings (SSSR count). The number of nitrogens with one attached hydrogen (secondary N) is 1. The van der Waals surface area contributed by atoms with E-state index in [0.29, 0.717) is 18.9 Å². The molecule has 0 aromatic heterocycles. The summed E-state index contributed by atoms with van der Waals surface area (Å²) in [5, 5.41) is 2.78. The number of nitrogens with two attached hydrogens (primary N) is 1. The summed E-state index contributed by atoms with van der Waals surface area (Å²) in [6.07, 6.45) is 2.64. The van der Waals surface area contributed by atoms with Crippen molar-refractivity contribution in [3.63, 3.8) is 0 Å². The van der Waals surface area contributed by atoms with Crippen LogP contribution in [0.15, 0.2) is 0 Å². The average molecular weight is 262 g/mol. The standard InChI is InChI=1S/C11H22N2O3S/c1-3-6-17(15,16)7-10(14)13-11(2,8-12)9-4-5-9/h9H,3-8,12H2,1-2H3,(H,13,14). The number of rotatable bonds is 7. The molecule has 6 heteroatoms. The van der Waals surface area contributed by atoms with E-state index >= 15 is 0 Å². The molecule has 0 spiro atoms. The van der Waals surface area contributed by atoms with Crippen LogP contribution in [-0.2, 0) is 14.6 Å². The van der Waals surface area contributed by atoms with Gasteiger partial charge in [0, 0.05) is 6.54 Å². The normalized spacial score (nSPS) is 19.7. The first-order valence-electron chi connectivity index (χ1n) is 6.04. The van der Waals surface area contributed by atoms with Crippen molar-refractivity contribution in [3.05, 3.63) is 0 Å². The predicted molar refractivity (Wildman–Crippen MR) is 67.3 cm³/mol. The Hall–Kier alpha value is -0.620. The third kappa shape index (κ3) is 4.27. The Kier molecular flexibility index (Phi) is 4.55. The quantitative estimate of drug-likeness (QED) is 0.678. The zero-order valence-corrected chi connectivity index (χ0v) is 11.3. The van der Waals surface area contributed by atoms with Crippen LogP contribution in [0.3, 0.4) is 0 Å². The minimum Gasteiger partial charge on any atom is -0.349 e. The van der Waals surface area contributed by atoms with Crippen molar-refractivity contribution in [2.75, 3.05) is 18.1 Å². The summed E-state index contributed by atoms with van der Waals surface area (Å²) in [5.74, 6) is -0.407. The van der Waals surface area contributed by atoms with E-state index in [1.54, 1.807) is 6.92 Å². The van der Waals surface area contributed by atoms with Gasteiger partial charge in [-0.1, -0.05) is 6.92 Å². The van der Waals surface area contributed by atoms with Gasteiger partial charge in [0.05, 0.1) is 11.3 Å². The van der Waals surface area contributed by atoms with Crippen molar-refractivity contribution in [2.45, 2.75) is 38.6 Å². The molecule has 100 valence electrons. The molecule has 5 nitrogen and oxygen atoms in total. The molecule has 0 aliphatic heterocycles. The Morgan fingerprint density at radius 2 is 2.06 bits per heavy atom. The summed E-state index contributed by atoms with van der Waals surface area (Å²) in [6.45, 7) is 4.01. The summed E-state index contributed by atoms with van der Waals surface area (Å²) in [6, 6.07) is 0. The van der Waals surface area contributed by atoms with Gasteiger partial charge in [-0.3, -0.25) is 4.79 Å². The van der Waals surface area contributed by atoms with Crippen LogP contribution in [0.1, 0.15) is 33.1 Å². The largest absolute Gasteiger partial charge is 0.349 e. The molecular weight excluding hydrogens is 240 g/mol. The molecule has 0 heterocycles. The fourth-order valence-corrected chi connectivity index (χ4v) is 3.22. The van der Waals surface area contributed by atoms with Gasteiger partial charge in [0.25, 0.3) is 0 Å². The lowest BCUT2D eigenvalue weighted by molar-refractivity contribution is -0.120. The Bertz CT molecular complexity index is 376. The molecule has 0 aromatic carbocycles. The van der Waals surface area contributed by atoms with Crippen molar-refractivity contribution in [1.82, 2.24) is 5.32 Å². The molecule has 1 atom stereocenters. The molecule has 0 aromatic rings. The molecule has 1 unspecified atom stereocenters. The number of amides is 1. The van der Waals surface area contributed by atoms with Crippen molar-refractivity contribution >= 4 is 15.7 Å². The summed E-state index contributed by atoms with van der Waals surface area (Å²) in [4.78, 5) is 11.7. The van der Waals surface area contributed by atoms with Crippen LogP contribution in [0.4, 0.5) is 0 Å². The topological polar surface area (TPSA) is 89.3 Å². The van der Waals surface area contributed by atoms with Crippen molar-refractivity contribution < 1.29 is 13.2 Å². The number of sulfone groups is 1. The first-order chi connectivity index (χ1) is 7.83. The number of hydrogen-bond acceptors (Lipinski definition) is 4. The second-order valence-electron chi connectivity index (χ2n) is 5.04. The van der Waals surface area contributed by atoms with Gasteiger partial charge in [-0.15, -0.1) is 0 Å². The molecule has 1 aliphatic rings. The average Bonchev–Trinajstić information content (AvgIpc) is 2.99. The first-order valence-corrected chi connectivity index (χ1v) is 7.86. The van der Waals surface area contributed by atoms with E-state index in [4.69, 9.17) is 5.73 Å². The smallest absolute Gasteiger partial charge is 0.235 e. The maximum Gasteiger partial charge on any atom is 0.235 e. The lowest BCUT2D eigenvalue weighted by Gasteiger charge is -2.29. The molecule has 0 saturated heterocycles. The van der Waals surface area contributed by atoms with Crippen LogP contribution in [0.2, 0.25) is 0 Å². The highest BCUT2D eigenvalue weighted by Crippen LogP contribution is 2.38. The van der Waals surface area contributed by atoms with Crippen LogP contribution in [0.25, 0.3) is 0 Å². The summed E-state index contributed by atoms with van der Waals surface area (Å²) < 4.78 is 23.0. The van der Waals surface area contributed by atoms with E-state index in [1.807, 2.05) is 6.92 Å². The lowest BCUT2D eigenvalue weighted by Crippen LogP contribution is -2.54. The van der Waals surface area contributed by atoms with E-state index in [0.717, 1.165) is 12.8 Å². The van der Waals surface area contributed by atoms with Gasteiger partial charge in [0.2, 0.25) is 5.91 Å². The third-order valence-corrected chi connectivity index (χ3v) is 4.93. The van der Waals surface area contributed by atoms with Crippen molar-refractivity contribution in [1.29, 1.82) is 0 Å². The Labute approximate surface area is 103 Å². The number of hydrogen-bond donors (Lipinski definition) is 2. The second-order valence-corrected chi connectivity index (χ2v) is 7.22. The molecule has 1 fully saturated rings. The molecular formula is C11H22N2O3S. The minimum absolute atomic E-state index is 0.0587. The second kappa shape index (κ2) is 5.35. The third-order valence-electron chi connectivity index (χ3n) is 3.19. The zero-order chi connectivity index (χ0) is 13.1. The fraction of sp³-hybridized carbons (Fsp3) is 0.909. The SMILES string of the molecule is CCCS(=O)(=O)CC(=O)NC(C)(CN)C1CC1. The summed E-state index contributed by atoms with van der Waals surface area (Å²) in [5.41, 5.74) is 5.21. The summed E-state index contributed by atoms with van der Waals surface area (Å²) in [7, 11) is -3.27. The van der Waals surface area contributed by atoms with Gasteiger partial charge in [-0.05, 0) is 32.1 Å². The van der Waals surface area contributed by atoms with Gasteiger partial charge >= 0.3 is 0 Å². The van der Waals surface area contributed by atoms with Gasteiger partial charge in [0.15, 0.2) is 9.84 Å². The first kappa shape index (κ1) is 14.4. The van der Waals surface area contributed by atoms with Gasteiger partial charge in [-0.2, -0.15) is 0 Å². The Morgan fingerprint density at radius 1 is 1.47 bits per heavy atom. The van der Waals surface area contributed by atoms with Crippen LogP contribution >= 0.6 is 0 Å². The Morgan fingerprint density at radius 3 is 2.47 bits per heavy atom. The fourth-order valence-electron chi connectivity index (χ4n) is 1.98. The van der Waals surface area contributed by atoms with E-state index in [1.165, 1.54) is 0 Å². The van der Waals surface area contributed by atoms with Crippen molar-refractivity contribution in [2.24, 2.45) is 11.7 Å². The Balaban J connectivity index is 2.54. The van der Waals surface area contributed by atoms with E-state index < -0.39 is 27.0 Å². The monoisotopic (exact) mass is 262 g/mol. The zero-order valence-electron chi connectivity index (χ0n) is 10.5. The maximum absolute atomic E-state index is 11.7. The van der Waals surface area contributed by atoms with E-state index in [9.17, 15) is 13.2 Å². The minimum atomic E-state index is -3.27. The van der Waals surface area contributed by atoms with E-state index in [-0.39, 0.29) is 5.75 Å². The molecule has 0 bridgehead atoms. The van der Waals surface area contributed by atoms with Gasteiger partial charge in [0.1, 0.15) is 5.75 Å². The van der Waals surface area contributed by atoms with Crippen LogP contribution in [0.5, 0.6) is 0 Å². The molecule has 1 aliphatic carbocycles. The van der Waals surface area contributed by atoms with Crippen LogP contribution in [-0.4, -0.2) is 37.9 Å². The molecule has 1 saturated carbocycles. The highest BCUT2D eigenvalue weighted by Gasteiger charge is 2.41. The van der Waals surface area contributed by atoms with Crippen molar-refractivity contribution in [3.8, 4) is 0 Å². The molecule has 1 amide bonds. The predicted octanol–water partition coefficient (Wildman–Crippen LogP) is 0.0548. The number of carbonyl (C=O) groups excluding carboxylic acids is 1.